The SMILES string of the molecule is C=CCN(C)C(=O)[C@H]1[C@@H]2OC3(CC2Br)C(C(=O)N(CC=C)c2ccc4ccccc4c2)N(CCO)C(=O)[C@H]13. The third kappa shape index (κ3) is 3.99. The van der Waals surface area contributed by atoms with Gasteiger partial charge < -0.3 is 24.5 Å². The summed E-state index contributed by atoms with van der Waals surface area (Å²) in [7, 11) is 1.67. The van der Waals surface area contributed by atoms with Gasteiger partial charge in [0.2, 0.25) is 11.8 Å². The first kappa shape index (κ1) is 26.6. The van der Waals surface area contributed by atoms with Gasteiger partial charge in [-0.3, -0.25) is 14.4 Å². The molecular weight excluding hydrogens is 550 g/mol. The lowest BCUT2D eigenvalue weighted by Crippen LogP contribution is -2.57. The Morgan fingerprint density at radius 2 is 1.87 bits per heavy atom. The number of aliphatic hydroxyl groups excluding tert-OH is 1. The number of halogens is 1. The van der Waals surface area contributed by atoms with E-state index in [1.165, 1.54) is 9.80 Å². The first-order chi connectivity index (χ1) is 18.3. The molecule has 3 fully saturated rings. The van der Waals surface area contributed by atoms with Crippen molar-refractivity contribution in [1.82, 2.24) is 9.80 Å². The minimum atomic E-state index is -1.19. The normalized spacial score (nSPS) is 29.4. The number of ether oxygens (including phenoxy) is 1. The summed E-state index contributed by atoms with van der Waals surface area (Å²) < 4.78 is 6.54. The lowest BCUT2D eigenvalue weighted by molar-refractivity contribution is -0.144. The predicted octanol–water partition coefficient (Wildman–Crippen LogP) is 2.74. The van der Waals surface area contributed by atoms with Crippen LogP contribution < -0.4 is 4.90 Å². The third-order valence-corrected chi connectivity index (χ3v) is 8.90. The topological polar surface area (TPSA) is 90.4 Å². The van der Waals surface area contributed by atoms with E-state index in [9.17, 15) is 19.5 Å². The molecule has 3 amide bonds. The van der Waals surface area contributed by atoms with E-state index in [2.05, 4.69) is 29.1 Å². The van der Waals surface area contributed by atoms with Gasteiger partial charge in [0.1, 0.15) is 11.6 Å². The van der Waals surface area contributed by atoms with E-state index in [-0.39, 0.29) is 42.2 Å². The molecule has 8 nitrogen and oxygen atoms in total. The van der Waals surface area contributed by atoms with Gasteiger partial charge >= 0.3 is 0 Å². The van der Waals surface area contributed by atoms with Crippen LogP contribution in [0.5, 0.6) is 0 Å². The van der Waals surface area contributed by atoms with Crippen molar-refractivity contribution < 1.29 is 24.2 Å². The Morgan fingerprint density at radius 3 is 2.55 bits per heavy atom. The van der Waals surface area contributed by atoms with Gasteiger partial charge in [-0.25, -0.2) is 0 Å². The second-order valence-electron chi connectivity index (χ2n) is 10.2. The number of likely N-dealkylation sites (N-methyl/N-ethyl adjacent to an activating group) is 1. The smallest absolute Gasteiger partial charge is 0.253 e. The number of hydrogen-bond acceptors (Lipinski definition) is 5. The number of benzene rings is 2. The Labute approximate surface area is 230 Å². The predicted molar refractivity (Wildman–Crippen MR) is 149 cm³/mol. The highest BCUT2D eigenvalue weighted by Gasteiger charge is 2.76. The molecule has 2 aromatic carbocycles. The zero-order chi connectivity index (χ0) is 27.2. The molecule has 1 spiro atoms. The fourth-order valence-corrected chi connectivity index (χ4v) is 7.46. The van der Waals surface area contributed by atoms with Crippen LogP contribution in [0.15, 0.2) is 67.8 Å². The number of β-amino-alcohol motifs (C(OH)–C–C–N with tert-alkyl or cyclic N) is 1. The van der Waals surface area contributed by atoms with Gasteiger partial charge in [-0.15, -0.1) is 13.2 Å². The largest absolute Gasteiger partial charge is 0.395 e. The summed E-state index contributed by atoms with van der Waals surface area (Å²) >= 11 is 3.68. The van der Waals surface area contributed by atoms with Crippen molar-refractivity contribution in [2.45, 2.75) is 29.0 Å². The molecule has 2 bridgehead atoms. The minimum Gasteiger partial charge on any atom is -0.395 e. The van der Waals surface area contributed by atoms with Crippen LogP contribution in [0.3, 0.4) is 0 Å². The molecule has 3 aliphatic heterocycles. The van der Waals surface area contributed by atoms with Gasteiger partial charge in [-0.05, 0) is 29.3 Å². The number of alkyl halides is 1. The van der Waals surface area contributed by atoms with Crippen molar-refractivity contribution in [2.24, 2.45) is 11.8 Å². The van der Waals surface area contributed by atoms with E-state index >= 15 is 0 Å². The zero-order valence-electron chi connectivity index (χ0n) is 21.3. The van der Waals surface area contributed by atoms with Crippen LogP contribution in [0.4, 0.5) is 5.69 Å². The molecule has 9 heteroatoms. The van der Waals surface area contributed by atoms with Gasteiger partial charge in [-0.2, -0.15) is 0 Å². The van der Waals surface area contributed by atoms with Crippen molar-refractivity contribution in [3.8, 4) is 0 Å². The lowest BCUT2D eigenvalue weighted by atomic mass is 9.70. The second-order valence-corrected chi connectivity index (χ2v) is 11.4. The molecule has 6 atom stereocenters. The quantitative estimate of drug-likeness (QED) is 0.363. The minimum absolute atomic E-state index is 0.0302. The van der Waals surface area contributed by atoms with Crippen molar-refractivity contribution in [1.29, 1.82) is 0 Å². The number of hydrogen-bond donors (Lipinski definition) is 1. The number of aliphatic hydroxyl groups is 1. The summed E-state index contributed by atoms with van der Waals surface area (Å²) in [5.74, 6) is -2.42. The summed E-state index contributed by atoms with van der Waals surface area (Å²) in [5.41, 5.74) is -0.514. The van der Waals surface area contributed by atoms with Crippen molar-refractivity contribution in [3.63, 3.8) is 0 Å². The van der Waals surface area contributed by atoms with E-state index in [0.717, 1.165) is 10.8 Å². The Morgan fingerprint density at radius 1 is 1.16 bits per heavy atom. The Bertz CT molecular complexity index is 1300. The maximum atomic E-state index is 14.4. The van der Waals surface area contributed by atoms with Crippen LogP contribution >= 0.6 is 15.9 Å². The van der Waals surface area contributed by atoms with Crippen LogP contribution in [0.1, 0.15) is 6.42 Å². The molecule has 3 aliphatic rings. The molecule has 5 rings (SSSR count). The number of carbonyl (C=O) groups is 3. The molecule has 0 aliphatic carbocycles. The van der Waals surface area contributed by atoms with E-state index in [4.69, 9.17) is 4.74 Å². The lowest BCUT2D eigenvalue weighted by Gasteiger charge is -2.37. The number of likely N-dealkylation sites (tertiary alicyclic amines) is 1. The number of nitrogens with zero attached hydrogens (tertiary/aromatic N) is 3. The van der Waals surface area contributed by atoms with Crippen LogP contribution in [-0.2, 0) is 19.1 Å². The van der Waals surface area contributed by atoms with Crippen LogP contribution in [0.25, 0.3) is 10.8 Å². The fourth-order valence-electron chi connectivity index (χ4n) is 6.52. The molecule has 3 unspecified atom stereocenters. The molecule has 3 saturated heterocycles. The highest BCUT2D eigenvalue weighted by molar-refractivity contribution is 9.09. The van der Waals surface area contributed by atoms with Gasteiger partial charge in [0.15, 0.2) is 0 Å². The number of carbonyl (C=O) groups excluding carboxylic acids is 3. The summed E-state index contributed by atoms with van der Waals surface area (Å²) in [5, 5.41) is 11.9. The molecule has 38 heavy (non-hydrogen) atoms. The number of rotatable bonds is 9. The molecular formula is C29H32BrN3O5. The van der Waals surface area contributed by atoms with Crippen molar-refractivity contribution in [3.05, 3.63) is 67.8 Å². The van der Waals surface area contributed by atoms with E-state index < -0.39 is 29.6 Å². The highest BCUT2D eigenvalue weighted by Crippen LogP contribution is 2.60. The summed E-state index contributed by atoms with van der Waals surface area (Å²) in [6.45, 7) is 7.78. The summed E-state index contributed by atoms with van der Waals surface area (Å²) in [6, 6.07) is 12.7. The fraction of sp³-hybridized carbons (Fsp3) is 0.414. The Kier molecular flexibility index (Phi) is 7.19. The van der Waals surface area contributed by atoms with Crippen LogP contribution in [-0.4, -0.2) is 88.5 Å². The number of anilines is 1. The third-order valence-electron chi connectivity index (χ3n) is 8.05. The Hall–Kier alpha value is -3.01. The van der Waals surface area contributed by atoms with E-state index in [1.54, 1.807) is 24.1 Å². The summed E-state index contributed by atoms with van der Waals surface area (Å²) in [4.78, 5) is 46.2. The van der Waals surface area contributed by atoms with Crippen molar-refractivity contribution >= 4 is 50.1 Å². The van der Waals surface area contributed by atoms with Gasteiger partial charge in [-0.1, -0.05) is 58.4 Å². The second kappa shape index (κ2) is 10.3. The van der Waals surface area contributed by atoms with Gasteiger partial charge in [0, 0.05) is 37.2 Å². The average molecular weight is 582 g/mol. The zero-order valence-corrected chi connectivity index (χ0v) is 22.9. The molecule has 0 saturated carbocycles. The van der Waals surface area contributed by atoms with E-state index in [1.807, 2.05) is 42.5 Å². The maximum Gasteiger partial charge on any atom is 0.253 e. The summed E-state index contributed by atoms with van der Waals surface area (Å²) in [6.07, 6.45) is 3.14. The molecule has 200 valence electrons. The standard InChI is InChI=1S/C29H32BrN3O5/c1-4-12-31(3)26(35)22-23-27(36)33(14-15-34)25(29(23)17-21(30)24(22)38-29)28(37)32(13-5-2)20-11-10-18-8-6-7-9-19(18)16-20/h4-11,16,21-25,34H,1-2,12-15,17H2,3H3/t21?,22-,23+,24-,25?,29?/m1/s1. The van der Waals surface area contributed by atoms with Crippen LogP contribution in [0.2, 0.25) is 0 Å². The molecule has 1 N–H and O–H groups in total. The first-order valence-corrected chi connectivity index (χ1v) is 13.7. The van der Waals surface area contributed by atoms with Crippen LogP contribution in [0, 0.1) is 11.8 Å². The highest BCUT2D eigenvalue weighted by atomic mass is 79.9. The van der Waals surface area contributed by atoms with E-state index in [0.29, 0.717) is 18.7 Å². The number of fused-ring (bicyclic) bond motifs is 2. The molecule has 3 heterocycles. The average Bonchev–Trinajstić information content (AvgIpc) is 3.50. The monoisotopic (exact) mass is 581 g/mol. The maximum absolute atomic E-state index is 14.4. The number of amides is 3. The molecule has 2 aromatic rings. The molecule has 0 radical (unpaired) electrons. The molecule has 0 aromatic heterocycles. The first-order valence-electron chi connectivity index (χ1n) is 12.8. The van der Waals surface area contributed by atoms with Crippen molar-refractivity contribution in [2.75, 3.05) is 38.2 Å². The van der Waals surface area contributed by atoms with Gasteiger partial charge in [0.05, 0.1) is 24.5 Å². The van der Waals surface area contributed by atoms with Gasteiger partial charge in [0.25, 0.3) is 5.91 Å². The Balaban J connectivity index is 1.58.